The summed E-state index contributed by atoms with van der Waals surface area (Å²) in [5, 5.41) is 9.83. The standard InChI is InChI=1S/C16H18N6O2/c1-9-4-7-13-20-14(21-22(9)13)16(24)19-12-6-5-10-11(18-15(12)23)3-2-8-17-10/h2-3,8-9,12H,4-7H2,1H3,(H,18,23)(H,19,24)/t9-,12-/m0/s1. The average Bonchev–Trinajstić information content (AvgIpc) is 3.10. The van der Waals surface area contributed by atoms with Gasteiger partial charge in [0.2, 0.25) is 11.7 Å². The van der Waals surface area contributed by atoms with Gasteiger partial charge < -0.3 is 10.6 Å². The molecule has 8 nitrogen and oxygen atoms in total. The molecule has 8 heteroatoms. The zero-order valence-corrected chi connectivity index (χ0v) is 13.3. The largest absolute Gasteiger partial charge is 0.337 e. The van der Waals surface area contributed by atoms with Crippen molar-refractivity contribution in [2.45, 2.75) is 44.7 Å². The van der Waals surface area contributed by atoms with E-state index in [1.54, 1.807) is 16.9 Å². The van der Waals surface area contributed by atoms with Gasteiger partial charge in [0.1, 0.15) is 11.9 Å². The molecule has 0 fully saturated rings. The summed E-state index contributed by atoms with van der Waals surface area (Å²) in [4.78, 5) is 33.3. The van der Waals surface area contributed by atoms with Gasteiger partial charge in [0.25, 0.3) is 5.91 Å². The van der Waals surface area contributed by atoms with E-state index in [0.717, 1.165) is 24.4 Å². The Morgan fingerprint density at radius 1 is 1.38 bits per heavy atom. The fourth-order valence-corrected chi connectivity index (χ4v) is 3.18. The van der Waals surface area contributed by atoms with Crippen LogP contribution in [0, 0.1) is 0 Å². The first-order valence-electron chi connectivity index (χ1n) is 8.13. The van der Waals surface area contributed by atoms with E-state index in [4.69, 9.17) is 0 Å². The van der Waals surface area contributed by atoms with E-state index in [-0.39, 0.29) is 17.8 Å². The molecule has 2 aliphatic rings. The Balaban J connectivity index is 1.48. The molecule has 0 saturated carbocycles. The first-order valence-corrected chi connectivity index (χ1v) is 8.13. The van der Waals surface area contributed by atoms with E-state index >= 15 is 0 Å². The highest BCUT2D eigenvalue weighted by atomic mass is 16.2. The lowest BCUT2D eigenvalue weighted by molar-refractivity contribution is -0.118. The quantitative estimate of drug-likeness (QED) is 0.852. The van der Waals surface area contributed by atoms with Crippen LogP contribution in [0.1, 0.15) is 47.9 Å². The van der Waals surface area contributed by atoms with Crippen molar-refractivity contribution in [3.8, 4) is 0 Å². The molecule has 2 aliphatic heterocycles. The van der Waals surface area contributed by atoms with Gasteiger partial charge in [-0.25, -0.2) is 9.67 Å². The zero-order chi connectivity index (χ0) is 16.7. The molecule has 2 atom stereocenters. The maximum atomic E-state index is 12.4. The number of amides is 2. The third kappa shape index (κ3) is 2.53. The lowest BCUT2D eigenvalue weighted by atomic mass is 10.1. The lowest BCUT2D eigenvalue weighted by Gasteiger charge is -2.14. The summed E-state index contributed by atoms with van der Waals surface area (Å²) in [6.45, 7) is 2.05. The maximum absolute atomic E-state index is 12.4. The van der Waals surface area contributed by atoms with E-state index in [2.05, 4.69) is 32.6 Å². The summed E-state index contributed by atoms with van der Waals surface area (Å²) < 4.78 is 1.79. The molecule has 4 heterocycles. The van der Waals surface area contributed by atoms with Crippen LogP contribution < -0.4 is 10.6 Å². The minimum atomic E-state index is -0.623. The first kappa shape index (κ1) is 14.8. The SMILES string of the molecule is C[C@H]1CCc2nc(C(=O)N[C@H]3CCc4ncccc4NC3=O)nn21. The van der Waals surface area contributed by atoms with Crippen molar-refractivity contribution in [2.75, 3.05) is 5.32 Å². The number of pyridine rings is 1. The Bertz CT molecular complexity index is 815. The van der Waals surface area contributed by atoms with Gasteiger partial charge in [0.15, 0.2) is 0 Å². The van der Waals surface area contributed by atoms with E-state index in [1.807, 2.05) is 6.07 Å². The minimum Gasteiger partial charge on any atom is -0.337 e. The second-order valence-corrected chi connectivity index (χ2v) is 6.24. The van der Waals surface area contributed by atoms with Crippen LogP contribution in [-0.2, 0) is 17.6 Å². The highest BCUT2D eigenvalue weighted by Gasteiger charge is 2.29. The Hall–Kier alpha value is -2.77. The van der Waals surface area contributed by atoms with Gasteiger partial charge in [-0.05, 0) is 38.3 Å². The molecule has 0 saturated heterocycles. The van der Waals surface area contributed by atoms with Crippen LogP contribution in [0.15, 0.2) is 18.3 Å². The molecule has 0 spiro atoms. The minimum absolute atomic E-state index is 0.129. The Morgan fingerprint density at radius 3 is 3.08 bits per heavy atom. The number of anilines is 1. The van der Waals surface area contributed by atoms with Crippen molar-refractivity contribution in [3.63, 3.8) is 0 Å². The highest BCUT2D eigenvalue weighted by Crippen LogP contribution is 2.23. The average molecular weight is 326 g/mol. The summed E-state index contributed by atoms with van der Waals surface area (Å²) in [7, 11) is 0. The second-order valence-electron chi connectivity index (χ2n) is 6.24. The summed E-state index contributed by atoms with van der Waals surface area (Å²) in [6, 6.07) is 3.22. The predicted molar refractivity (Wildman–Crippen MR) is 85.5 cm³/mol. The van der Waals surface area contributed by atoms with Gasteiger partial charge in [0.05, 0.1) is 17.4 Å². The smallest absolute Gasteiger partial charge is 0.291 e. The molecule has 0 aromatic carbocycles. The molecule has 0 bridgehead atoms. The van der Waals surface area contributed by atoms with Crippen molar-refractivity contribution in [3.05, 3.63) is 35.7 Å². The van der Waals surface area contributed by atoms with Crippen LogP contribution in [0.5, 0.6) is 0 Å². The number of nitrogens with one attached hydrogen (secondary N) is 2. The van der Waals surface area contributed by atoms with Gasteiger partial charge in [-0.15, -0.1) is 5.10 Å². The number of aromatic nitrogens is 4. The topological polar surface area (TPSA) is 102 Å². The van der Waals surface area contributed by atoms with E-state index in [0.29, 0.717) is 18.5 Å². The normalized spacial score (nSPS) is 22.3. The zero-order valence-electron chi connectivity index (χ0n) is 13.3. The van der Waals surface area contributed by atoms with Gasteiger partial charge in [-0.3, -0.25) is 14.6 Å². The fourth-order valence-electron chi connectivity index (χ4n) is 3.18. The highest BCUT2D eigenvalue weighted by molar-refractivity contribution is 6.00. The van der Waals surface area contributed by atoms with E-state index in [9.17, 15) is 9.59 Å². The molecular formula is C16H18N6O2. The van der Waals surface area contributed by atoms with Crippen LogP contribution in [-0.4, -0.2) is 37.6 Å². The van der Waals surface area contributed by atoms with E-state index in [1.165, 1.54) is 0 Å². The molecule has 4 rings (SSSR count). The third-order valence-corrected chi connectivity index (χ3v) is 4.55. The number of fused-ring (bicyclic) bond motifs is 2. The van der Waals surface area contributed by atoms with Crippen LogP contribution in [0.4, 0.5) is 5.69 Å². The molecule has 2 N–H and O–H groups in total. The number of carbonyl (C=O) groups is 2. The van der Waals surface area contributed by atoms with E-state index < -0.39 is 11.9 Å². The Labute approximate surface area is 138 Å². The van der Waals surface area contributed by atoms with Crippen molar-refractivity contribution >= 4 is 17.5 Å². The van der Waals surface area contributed by atoms with Crippen LogP contribution in [0.3, 0.4) is 0 Å². The molecule has 2 aromatic rings. The number of carbonyl (C=O) groups excluding carboxylic acids is 2. The lowest BCUT2D eigenvalue weighted by Crippen LogP contribution is -2.43. The molecule has 0 radical (unpaired) electrons. The van der Waals surface area contributed by atoms with Crippen molar-refractivity contribution in [1.82, 2.24) is 25.1 Å². The monoisotopic (exact) mass is 326 g/mol. The molecule has 24 heavy (non-hydrogen) atoms. The van der Waals surface area contributed by atoms with Crippen molar-refractivity contribution in [1.29, 1.82) is 0 Å². The Kier molecular flexibility index (Phi) is 3.51. The number of hydrogen-bond acceptors (Lipinski definition) is 5. The number of nitrogens with zero attached hydrogens (tertiary/aromatic N) is 4. The molecule has 124 valence electrons. The number of hydrogen-bond donors (Lipinski definition) is 2. The van der Waals surface area contributed by atoms with Gasteiger partial charge >= 0.3 is 0 Å². The number of rotatable bonds is 2. The van der Waals surface area contributed by atoms with Crippen molar-refractivity contribution < 1.29 is 9.59 Å². The van der Waals surface area contributed by atoms with Crippen LogP contribution >= 0.6 is 0 Å². The van der Waals surface area contributed by atoms with Gasteiger partial charge in [-0.2, -0.15) is 0 Å². The summed E-state index contributed by atoms with van der Waals surface area (Å²) >= 11 is 0. The summed E-state index contributed by atoms with van der Waals surface area (Å²) in [5.74, 6) is 0.303. The molecular weight excluding hydrogens is 308 g/mol. The maximum Gasteiger partial charge on any atom is 0.291 e. The van der Waals surface area contributed by atoms with Gasteiger partial charge in [0, 0.05) is 12.6 Å². The fraction of sp³-hybridized carbons (Fsp3) is 0.438. The molecule has 0 unspecified atom stereocenters. The summed E-state index contributed by atoms with van der Waals surface area (Å²) in [5.41, 5.74) is 1.53. The van der Waals surface area contributed by atoms with Crippen LogP contribution in [0.2, 0.25) is 0 Å². The van der Waals surface area contributed by atoms with Crippen molar-refractivity contribution in [2.24, 2.45) is 0 Å². The second kappa shape index (κ2) is 5.70. The summed E-state index contributed by atoms with van der Waals surface area (Å²) in [6.07, 6.45) is 4.62. The van der Waals surface area contributed by atoms with Gasteiger partial charge in [-0.1, -0.05) is 0 Å². The molecule has 0 aliphatic carbocycles. The first-order chi connectivity index (χ1) is 11.6. The third-order valence-electron chi connectivity index (χ3n) is 4.55. The molecule has 2 amide bonds. The Morgan fingerprint density at radius 2 is 2.25 bits per heavy atom. The molecule has 2 aromatic heterocycles. The number of aryl methyl sites for hydroxylation is 2. The predicted octanol–water partition coefficient (Wildman–Crippen LogP) is 0.864. The van der Waals surface area contributed by atoms with Crippen LogP contribution in [0.25, 0.3) is 0 Å².